The van der Waals surface area contributed by atoms with Crippen molar-refractivity contribution >= 4 is 53.4 Å². The van der Waals surface area contributed by atoms with E-state index < -0.39 is 9.84 Å². The van der Waals surface area contributed by atoms with Gasteiger partial charge < -0.3 is 9.13 Å². The van der Waals surface area contributed by atoms with Crippen LogP contribution >= 0.6 is 0 Å². The van der Waals surface area contributed by atoms with Crippen molar-refractivity contribution in [3.63, 3.8) is 0 Å². The van der Waals surface area contributed by atoms with E-state index in [2.05, 4.69) is 155 Å². The van der Waals surface area contributed by atoms with Crippen molar-refractivity contribution in [2.75, 3.05) is 0 Å². The van der Waals surface area contributed by atoms with E-state index in [9.17, 15) is 8.42 Å². The van der Waals surface area contributed by atoms with Crippen molar-refractivity contribution in [1.82, 2.24) is 9.13 Å². The molecule has 0 N–H and O–H groups in total. The summed E-state index contributed by atoms with van der Waals surface area (Å²) in [6, 6.07) is 62.4. The number of hydrogen-bond donors (Lipinski definition) is 0. The van der Waals surface area contributed by atoms with E-state index in [1.807, 2.05) is 24.3 Å². The highest BCUT2D eigenvalue weighted by atomic mass is 32.2. The molecule has 11 rings (SSSR count). The van der Waals surface area contributed by atoms with Crippen LogP contribution in [-0.4, -0.2) is 17.6 Å². The average molecular weight is 699 g/mol. The van der Waals surface area contributed by atoms with Crippen molar-refractivity contribution in [2.45, 2.75) is 9.79 Å². The Morgan fingerprint density at radius 2 is 0.642 bits per heavy atom. The normalized spacial score (nSPS) is 13.2. The van der Waals surface area contributed by atoms with Gasteiger partial charge in [0.05, 0.1) is 43.2 Å². The van der Waals surface area contributed by atoms with Gasteiger partial charge in [0.25, 0.3) is 0 Å². The van der Waals surface area contributed by atoms with Gasteiger partial charge in [0.15, 0.2) is 0 Å². The maximum absolute atomic E-state index is 14.1. The Hall–Kier alpha value is -6.69. The van der Waals surface area contributed by atoms with E-state index in [4.69, 9.17) is 0 Å². The molecule has 8 aromatic carbocycles. The second kappa shape index (κ2) is 11.2. The second-order valence-corrected chi connectivity index (χ2v) is 15.6. The molecule has 3 heterocycles. The van der Waals surface area contributed by atoms with Crippen molar-refractivity contribution in [3.05, 3.63) is 182 Å². The van der Waals surface area contributed by atoms with E-state index in [0.717, 1.165) is 66.8 Å². The topological polar surface area (TPSA) is 44.0 Å². The first-order valence-electron chi connectivity index (χ1n) is 17.8. The van der Waals surface area contributed by atoms with Crippen LogP contribution in [0.4, 0.5) is 0 Å². The summed E-state index contributed by atoms with van der Waals surface area (Å²) in [6.07, 6.45) is 0. The zero-order valence-corrected chi connectivity index (χ0v) is 29.3. The zero-order chi connectivity index (χ0) is 35.3. The molecular weight excluding hydrogens is 669 g/mol. The molecular formula is C48H30N2O2S. The summed E-state index contributed by atoms with van der Waals surface area (Å²) in [5.41, 5.74) is 12.0. The fraction of sp³-hybridized carbons (Fsp3) is 0. The van der Waals surface area contributed by atoms with Gasteiger partial charge in [-0.1, -0.05) is 121 Å². The Morgan fingerprint density at radius 1 is 0.321 bits per heavy atom. The standard InChI is InChI=1S/C48H30N2O2S/c51-53(52)47-27-25-31(33-13-1-7-19-41(33)49-43-21-9-3-15-35(43)36-16-4-10-22-44(36)49)29-39(47)40-30-32(26-28-48(40)53)34-14-2-8-20-42(34)50-45-23-11-5-17-37(45)38-18-6-12-24-46(38)50/h1-30H. The molecule has 0 saturated carbocycles. The van der Waals surface area contributed by atoms with Crippen LogP contribution in [0.25, 0.3) is 88.4 Å². The minimum atomic E-state index is -3.70. The highest BCUT2D eigenvalue weighted by Gasteiger charge is 2.34. The summed E-state index contributed by atoms with van der Waals surface area (Å²) in [5, 5.41) is 4.78. The van der Waals surface area contributed by atoms with Crippen LogP contribution in [0.2, 0.25) is 0 Å². The molecule has 2 aromatic heterocycles. The summed E-state index contributed by atoms with van der Waals surface area (Å²) in [4.78, 5) is 0.692. The lowest BCUT2D eigenvalue weighted by atomic mass is 9.95. The third-order valence-corrected chi connectivity index (χ3v) is 12.8. The summed E-state index contributed by atoms with van der Waals surface area (Å²) < 4.78 is 32.8. The van der Waals surface area contributed by atoms with Gasteiger partial charge in [-0.3, -0.25) is 0 Å². The number of para-hydroxylation sites is 6. The first-order chi connectivity index (χ1) is 26.1. The molecule has 0 fully saturated rings. The Kier molecular flexibility index (Phi) is 6.31. The van der Waals surface area contributed by atoms with Crippen LogP contribution in [0.15, 0.2) is 192 Å². The van der Waals surface area contributed by atoms with Gasteiger partial charge in [-0.25, -0.2) is 8.42 Å². The molecule has 0 spiro atoms. The number of benzene rings is 8. The monoisotopic (exact) mass is 698 g/mol. The highest BCUT2D eigenvalue weighted by Crippen LogP contribution is 2.48. The van der Waals surface area contributed by atoms with E-state index in [0.29, 0.717) is 9.79 Å². The van der Waals surface area contributed by atoms with Gasteiger partial charge in [0.1, 0.15) is 0 Å². The molecule has 0 saturated heterocycles. The number of sulfone groups is 1. The summed E-state index contributed by atoms with van der Waals surface area (Å²) in [5.74, 6) is 0. The quantitative estimate of drug-likeness (QED) is 0.184. The minimum Gasteiger partial charge on any atom is -0.309 e. The molecule has 0 aliphatic carbocycles. The molecule has 1 aliphatic rings. The minimum absolute atomic E-state index is 0.346. The van der Waals surface area contributed by atoms with Crippen molar-refractivity contribution in [2.24, 2.45) is 0 Å². The zero-order valence-electron chi connectivity index (χ0n) is 28.4. The molecule has 53 heavy (non-hydrogen) atoms. The first kappa shape index (κ1) is 30.0. The van der Waals surface area contributed by atoms with Crippen LogP contribution in [0.5, 0.6) is 0 Å². The summed E-state index contributed by atoms with van der Waals surface area (Å²) in [7, 11) is -3.70. The Labute approximate surface area is 306 Å². The third-order valence-electron chi connectivity index (χ3n) is 10.9. The number of fused-ring (bicyclic) bond motifs is 9. The molecule has 4 nitrogen and oxygen atoms in total. The number of aromatic nitrogens is 2. The molecule has 0 amide bonds. The number of rotatable bonds is 4. The lowest BCUT2D eigenvalue weighted by molar-refractivity contribution is 0.598. The Morgan fingerprint density at radius 3 is 1.02 bits per heavy atom. The Balaban J connectivity index is 1.10. The van der Waals surface area contributed by atoms with Gasteiger partial charge in [-0.05, 0) is 71.8 Å². The smallest absolute Gasteiger partial charge is 0.207 e. The molecule has 0 atom stereocenters. The summed E-state index contributed by atoms with van der Waals surface area (Å²) in [6.45, 7) is 0. The SMILES string of the molecule is O=S1(=O)c2ccc(-c3ccccc3-n3c4ccccc4c4ccccc43)cc2-c2cc(-c3ccccc3-n3c4ccccc4c4ccccc43)ccc21. The van der Waals surface area contributed by atoms with Gasteiger partial charge in [-0.2, -0.15) is 0 Å². The number of nitrogens with zero attached hydrogens (tertiary/aromatic N) is 2. The maximum atomic E-state index is 14.1. The van der Waals surface area contributed by atoms with Crippen molar-refractivity contribution in [1.29, 1.82) is 0 Å². The van der Waals surface area contributed by atoms with E-state index in [1.165, 1.54) is 21.5 Å². The van der Waals surface area contributed by atoms with Gasteiger partial charge in [0, 0.05) is 43.8 Å². The highest BCUT2D eigenvalue weighted by molar-refractivity contribution is 7.92. The van der Waals surface area contributed by atoms with E-state index in [-0.39, 0.29) is 0 Å². The molecule has 10 aromatic rings. The first-order valence-corrected chi connectivity index (χ1v) is 19.3. The van der Waals surface area contributed by atoms with Crippen LogP contribution in [-0.2, 0) is 9.84 Å². The third kappa shape index (κ3) is 4.26. The Bertz CT molecular complexity index is 2940. The molecule has 250 valence electrons. The lowest BCUT2D eigenvalue weighted by Crippen LogP contribution is -1.98. The fourth-order valence-corrected chi connectivity index (χ4v) is 10.2. The van der Waals surface area contributed by atoms with Crippen molar-refractivity contribution < 1.29 is 8.42 Å². The molecule has 0 bridgehead atoms. The van der Waals surface area contributed by atoms with Crippen LogP contribution < -0.4 is 0 Å². The van der Waals surface area contributed by atoms with E-state index in [1.54, 1.807) is 12.1 Å². The van der Waals surface area contributed by atoms with Gasteiger partial charge in [-0.15, -0.1) is 0 Å². The molecule has 0 radical (unpaired) electrons. The van der Waals surface area contributed by atoms with Gasteiger partial charge >= 0.3 is 0 Å². The molecule has 1 aliphatic heterocycles. The maximum Gasteiger partial charge on any atom is 0.207 e. The van der Waals surface area contributed by atoms with Crippen molar-refractivity contribution in [3.8, 4) is 44.8 Å². The van der Waals surface area contributed by atoms with E-state index >= 15 is 0 Å². The average Bonchev–Trinajstić information content (AvgIpc) is 3.81. The number of hydrogen-bond acceptors (Lipinski definition) is 2. The predicted molar refractivity (Wildman–Crippen MR) is 217 cm³/mol. The summed E-state index contributed by atoms with van der Waals surface area (Å²) >= 11 is 0. The molecule has 5 heteroatoms. The van der Waals surface area contributed by atoms with Crippen LogP contribution in [0.1, 0.15) is 0 Å². The van der Waals surface area contributed by atoms with Crippen LogP contribution in [0, 0.1) is 0 Å². The predicted octanol–water partition coefficient (Wildman–Crippen LogP) is 12.0. The second-order valence-electron chi connectivity index (χ2n) is 13.7. The lowest BCUT2D eigenvalue weighted by Gasteiger charge is -2.15. The van der Waals surface area contributed by atoms with Gasteiger partial charge in [0.2, 0.25) is 9.84 Å². The molecule has 0 unspecified atom stereocenters. The fourth-order valence-electron chi connectivity index (χ4n) is 8.59. The van der Waals surface area contributed by atoms with Crippen LogP contribution in [0.3, 0.4) is 0 Å². The largest absolute Gasteiger partial charge is 0.309 e.